The Kier molecular flexibility index (Phi) is 5.28. The zero-order valence-electron chi connectivity index (χ0n) is 14.3. The summed E-state index contributed by atoms with van der Waals surface area (Å²) in [6.45, 7) is 1.26. The molecule has 0 aliphatic heterocycles. The van der Waals surface area contributed by atoms with E-state index >= 15 is 0 Å². The molecule has 2 aromatic carbocycles. The van der Waals surface area contributed by atoms with E-state index in [0.717, 1.165) is 16.5 Å². The second-order valence-corrected chi connectivity index (χ2v) is 6.04. The van der Waals surface area contributed by atoms with Gasteiger partial charge in [-0.25, -0.2) is 0 Å². The monoisotopic (exact) mass is 352 g/mol. The van der Waals surface area contributed by atoms with Crippen molar-refractivity contribution >= 4 is 28.4 Å². The van der Waals surface area contributed by atoms with Gasteiger partial charge in [0.25, 0.3) is 0 Å². The third-order valence-electron chi connectivity index (χ3n) is 4.22. The molecule has 1 heterocycles. The molecule has 0 saturated heterocycles. The number of hydrogen-bond donors (Lipinski definition) is 4. The molecule has 2 unspecified atom stereocenters. The quantitative estimate of drug-likeness (QED) is 0.542. The standard InChI is InChI=1S/C19H20N4O3/c1-12(13-5-3-2-4-6-13)18(25)22-17(11-24)19(26)21-15-8-7-14-10-20-23-16(14)9-15/h2-10,12,17,24H,11H2,1H3,(H,20,23)(H,21,26)(H,22,25). The Balaban J connectivity index is 1.65. The third kappa shape index (κ3) is 3.89. The summed E-state index contributed by atoms with van der Waals surface area (Å²) in [6.07, 6.45) is 1.68. The van der Waals surface area contributed by atoms with E-state index in [1.54, 1.807) is 25.3 Å². The molecule has 0 fully saturated rings. The minimum atomic E-state index is -1.04. The first-order chi connectivity index (χ1) is 12.6. The third-order valence-corrected chi connectivity index (χ3v) is 4.22. The fraction of sp³-hybridized carbons (Fsp3) is 0.211. The summed E-state index contributed by atoms with van der Waals surface area (Å²) in [4.78, 5) is 24.8. The Morgan fingerprint density at radius 1 is 1.15 bits per heavy atom. The number of amides is 2. The van der Waals surface area contributed by atoms with E-state index < -0.39 is 24.5 Å². The molecule has 4 N–H and O–H groups in total. The van der Waals surface area contributed by atoms with Crippen LogP contribution in [0.25, 0.3) is 10.9 Å². The Labute approximate surface area is 150 Å². The van der Waals surface area contributed by atoms with Crippen LogP contribution >= 0.6 is 0 Å². The highest BCUT2D eigenvalue weighted by Crippen LogP contribution is 2.17. The van der Waals surface area contributed by atoms with Gasteiger partial charge in [0.1, 0.15) is 6.04 Å². The zero-order chi connectivity index (χ0) is 18.5. The van der Waals surface area contributed by atoms with Gasteiger partial charge in [-0.05, 0) is 30.7 Å². The second kappa shape index (κ2) is 7.79. The number of aromatic amines is 1. The van der Waals surface area contributed by atoms with Crippen LogP contribution in [0.4, 0.5) is 5.69 Å². The SMILES string of the molecule is CC(C(=O)NC(CO)C(=O)Nc1ccc2cn[nH]c2c1)c1ccccc1. The molecule has 7 nitrogen and oxygen atoms in total. The minimum absolute atomic E-state index is 0.325. The van der Waals surface area contributed by atoms with Gasteiger partial charge in [0.15, 0.2) is 0 Å². The van der Waals surface area contributed by atoms with Crippen LogP contribution in [0.15, 0.2) is 54.7 Å². The molecule has 0 bridgehead atoms. The number of anilines is 1. The molecular weight excluding hydrogens is 332 g/mol. The number of aliphatic hydroxyl groups excluding tert-OH is 1. The normalized spacial score (nSPS) is 13.2. The van der Waals surface area contributed by atoms with Crippen LogP contribution in [-0.2, 0) is 9.59 Å². The highest BCUT2D eigenvalue weighted by Gasteiger charge is 2.23. The van der Waals surface area contributed by atoms with Gasteiger partial charge in [0.2, 0.25) is 11.8 Å². The van der Waals surface area contributed by atoms with E-state index in [4.69, 9.17) is 0 Å². The lowest BCUT2D eigenvalue weighted by molar-refractivity contribution is -0.128. The first-order valence-electron chi connectivity index (χ1n) is 8.28. The maximum absolute atomic E-state index is 12.4. The molecule has 2 atom stereocenters. The maximum atomic E-state index is 12.4. The number of carbonyl (C=O) groups is 2. The van der Waals surface area contributed by atoms with Crippen molar-refractivity contribution in [3.8, 4) is 0 Å². The maximum Gasteiger partial charge on any atom is 0.249 e. The summed E-state index contributed by atoms with van der Waals surface area (Å²) < 4.78 is 0. The number of H-pyrrole nitrogens is 1. The lowest BCUT2D eigenvalue weighted by atomic mass is 10.00. The number of carbonyl (C=O) groups excluding carboxylic acids is 2. The van der Waals surface area contributed by atoms with E-state index in [1.807, 2.05) is 36.4 Å². The number of benzene rings is 2. The fourth-order valence-electron chi connectivity index (χ4n) is 2.63. The molecule has 0 aliphatic carbocycles. The predicted octanol–water partition coefficient (Wildman–Crippen LogP) is 1.78. The summed E-state index contributed by atoms with van der Waals surface area (Å²) in [6, 6.07) is 13.5. The average molecular weight is 352 g/mol. The van der Waals surface area contributed by atoms with E-state index in [2.05, 4.69) is 20.8 Å². The molecule has 7 heteroatoms. The van der Waals surface area contributed by atoms with E-state index in [0.29, 0.717) is 5.69 Å². The number of aromatic nitrogens is 2. The van der Waals surface area contributed by atoms with Gasteiger partial charge in [-0.3, -0.25) is 14.7 Å². The van der Waals surface area contributed by atoms with Crippen molar-refractivity contribution < 1.29 is 14.7 Å². The van der Waals surface area contributed by atoms with E-state index in [-0.39, 0.29) is 5.91 Å². The smallest absolute Gasteiger partial charge is 0.249 e. The van der Waals surface area contributed by atoms with Gasteiger partial charge in [-0.1, -0.05) is 30.3 Å². The molecule has 3 rings (SSSR count). The van der Waals surface area contributed by atoms with Gasteiger partial charge in [0.05, 0.1) is 24.2 Å². The lowest BCUT2D eigenvalue weighted by Gasteiger charge is -2.19. The summed E-state index contributed by atoms with van der Waals surface area (Å²) in [5.74, 6) is -1.24. The van der Waals surface area contributed by atoms with Crippen LogP contribution < -0.4 is 10.6 Å². The van der Waals surface area contributed by atoms with Crippen LogP contribution in [0.2, 0.25) is 0 Å². The number of hydrogen-bond acceptors (Lipinski definition) is 4. The molecule has 0 saturated carbocycles. The van der Waals surface area contributed by atoms with Crippen molar-refractivity contribution in [1.29, 1.82) is 0 Å². The van der Waals surface area contributed by atoms with Crippen molar-refractivity contribution in [2.24, 2.45) is 0 Å². The molecule has 3 aromatic rings. The van der Waals surface area contributed by atoms with Crippen LogP contribution in [-0.4, -0.2) is 39.8 Å². The lowest BCUT2D eigenvalue weighted by Crippen LogP contribution is -2.47. The zero-order valence-corrected chi connectivity index (χ0v) is 14.3. The second-order valence-electron chi connectivity index (χ2n) is 6.04. The summed E-state index contributed by atoms with van der Waals surface area (Å²) in [5, 5.41) is 22.5. The summed E-state index contributed by atoms with van der Waals surface area (Å²) >= 11 is 0. The van der Waals surface area contributed by atoms with Crippen LogP contribution in [0.3, 0.4) is 0 Å². The van der Waals surface area contributed by atoms with E-state index in [9.17, 15) is 14.7 Å². The van der Waals surface area contributed by atoms with Crippen molar-refractivity contribution in [2.45, 2.75) is 18.9 Å². The van der Waals surface area contributed by atoms with Crippen LogP contribution in [0.5, 0.6) is 0 Å². The molecule has 0 spiro atoms. The van der Waals surface area contributed by atoms with Gasteiger partial charge < -0.3 is 15.7 Å². The van der Waals surface area contributed by atoms with Gasteiger partial charge >= 0.3 is 0 Å². The largest absolute Gasteiger partial charge is 0.394 e. The highest BCUT2D eigenvalue weighted by molar-refractivity contribution is 5.99. The minimum Gasteiger partial charge on any atom is -0.394 e. The molecule has 26 heavy (non-hydrogen) atoms. The van der Waals surface area contributed by atoms with Gasteiger partial charge in [-0.2, -0.15) is 5.10 Å². The first kappa shape index (κ1) is 17.6. The van der Waals surface area contributed by atoms with Crippen molar-refractivity contribution in [3.05, 3.63) is 60.3 Å². The first-order valence-corrected chi connectivity index (χ1v) is 8.28. The fourth-order valence-corrected chi connectivity index (χ4v) is 2.63. The number of fused-ring (bicyclic) bond motifs is 1. The Hall–Kier alpha value is -3.19. The molecule has 0 radical (unpaired) electrons. The average Bonchev–Trinajstić information content (AvgIpc) is 3.13. The molecule has 0 aliphatic rings. The predicted molar refractivity (Wildman–Crippen MR) is 98.6 cm³/mol. The van der Waals surface area contributed by atoms with Gasteiger partial charge in [0, 0.05) is 11.1 Å². The topological polar surface area (TPSA) is 107 Å². The summed E-state index contributed by atoms with van der Waals surface area (Å²) in [7, 11) is 0. The molecule has 134 valence electrons. The molecular formula is C19H20N4O3. The van der Waals surface area contributed by atoms with Crippen molar-refractivity contribution in [1.82, 2.24) is 15.5 Å². The summed E-state index contributed by atoms with van der Waals surface area (Å²) in [5.41, 5.74) is 2.17. The van der Waals surface area contributed by atoms with Crippen molar-refractivity contribution in [2.75, 3.05) is 11.9 Å². The van der Waals surface area contributed by atoms with Crippen LogP contribution in [0.1, 0.15) is 18.4 Å². The highest BCUT2D eigenvalue weighted by atomic mass is 16.3. The Morgan fingerprint density at radius 3 is 2.65 bits per heavy atom. The molecule has 2 amide bonds. The number of nitrogens with zero attached hydrogens (tertiary/aromatic N) is 1. The number of nitrogens with one attached hydrogen (secondary N) is 3. The van der Waals surface area contributed by atoms with E-state index in [1.165, 1.54) is 0 Å². The van der Waals surface area contributed by atoms with Crippen LogP contribution in [0, 0.1) is 0 Å². The van der Waals surface area contributed by atoms with Gasteiger partial charge in [-0.15, -0.1) is 0 Å². The molecule has 1 aromatic heterocycles. The number of aliphatic hydroxyl groups is 1. The van der Waals surface area contributed by atoms with Crippen molar-refractivity contribution in [3.63, 3.8) is 0 Å². The Bertz CT molecular complexity index is 907. The number of rotatable bonds is 6. The Morgan fingerprint density at radius 2 is 1.92 bits per heavy atom.